The lowest BCUT2D eigenvalue weighted by molar-refractivity contribution is 0.690. The van der Waals surface area contributed by atoms with Crippen LogP contribution in [0.5, 0.6) is 0 Å². The van der Waals surface area contributed by atoms with E-state index in [-0.39, 0.29) is 24.8 Å². The highest BCUT2D eigenvalue weighted by Gasteiger charge is 2.07. The van der Waals surface area contributed by atoms with Crippen LogP contribution >= 0.6 is 24.8 Å². The van der Waals surface area contributed by atoms with E-state index in [1.807, 2.05) is 0 Å². The van der Waals surface area contributed by atoms with Crippen LogP contribution in [-0.4, -0.2) is 4.98 Å². The van der Waals surface area contributed by atoms with Crippen LogP contribution in [0.4, 0.5) is 0 Å². The van der Waals surface area contributed by atoms with Gasteiger partial charge in [-0.2, -0.15) is 0 Å². The van der Waals surface area contributed by atoms with Gasteiger partial charge in [0.25, 0.3) is 0 Å². The van der Waals surface area contributed by atoms with Crippen molar-refractivity contribution in [3.63, 3.8) is 0 Å². The standard InChI is InChI=1S/C8H11N.2ClH/c1-2-4-8-6-9-5-7(8)3-1;;/h5-6,9H,1-4H2;2*1H. The average molecular weight is 194 g/mol. The lowest BCUT2D eigenvalue weighted by Gasteiger charge is -2.08. The maximum atomic E-state index is 3.14. The summed E-state index contributed by atoms with van der Waals surface area (Å²) in [5.74, 6) is 0. The highest BCUT2D eigenvalue weighted by molar-refractivity contribution is 5.85. The van der Waals surface area contributed by atoms with Crippen molar-refractivity contribution in [2.45, 2.75) is 25.7 Å². The second kappa shape index (κ2) is 4.68. The molecule has 0 saturated carbocycles. The highest BCUT2D eigenvalue weighted by atomic mass is 35.5. The molecule has 3 heteroatoms. The van der Waals surface area contributed by atoms with Crippen molar-refractivity contribution in [2.24, 2.45) is 0 Å². The minimum atomic E-state index is 0. The Morgan fingerprint density at radius 3 is 1.82 bits per heavy atom. The summed E-state index contributed by atoms with van der Waals surface area (Å²) < 4.78 is 0. The number of aryl methyl sites for hydroxylation is 2. The van der Waals surface area contributed by atoms with Gasteiger partial charge in [0.2, 0.25) is 0 Å². The SMILES string of the molecule is Cl.Cl.c1[nH]cc2c1CCCC2. The Balaban J connectivity index is 0.000000500. The minimum Gasteiger partial charge on any atom is -0.367 e. The van der Waals surface area contributed by atoms with E-state index in [2.05, 4.69) is 17.4 Å². The van der Waals surface area contributed by atoms with Crippen LogP contribution in [0, 0.1) is 0 Å². The number of fused-ring (bicyclic) bond motifs is 1. The summed E-state index contributed by atoms with van der Waals surface area (Å²) >= 11 is 0. The van der Waals surface area contributed by atoms with E-state index in [1.54, 1.807) is 11.1 Å². The molecule has 1 aliphatic carbocycles. The van der Waals surface area contributed by atoms with E-state index in [1.165, 1.54) is 25.7 Å². The summed E-state index contributed by atoms with van der Waals surface area (Å²) in [6, 6.07) is 0. The van der Waals surface area contributed by atoms with Gasteiger partial charge in [-0.25, -0.2) is 0 Å². The van der Waals surface area contributed by atoms with Gasteiger partial charge in [-0.05, 0) is 36.8 Å². The lowest BCUT2D eigenvalue weighted by Crippen LogP contribution is -1.97. The molecule has 1 nitrogen and oxygen atoms in total. The van der Waals surface area contributed by atoms with Gasteiger partial charge in [-0.1, -0.05) is 0 Å². The number of aromatic nitrogens is 1. The molecule has 64 valence electrons. The third-order valence-electron chi connectivity index (χ3n) is 2.07. The van der Waals surface area contributed by atoms with Crippen LogP contribution < -0.4 is 0 Å². The second-order valence-electron chi connectivity index (χ2n) is 2.71. The number of hydrogen-bond acceptors (Lipinski definition) is 0. The zero-order valence-electron chi connectivity index (χ0n) is 6.30. The van der Waals surface area contributed by atoms with Crippen LogP contribution in [0.25, 0.3) is 0 Å². The molecular weight excluding hydrogens is 181 g/mol. The molecule has 0 spiro atoms. The number of aromatic amines is 1. The first-order valence-corrected chi connectivity index (χ1v) is 3.61. The average Bonchev–Trinajstić information content (AvgIpc) is 2.33. The summed E-state index contributed by atoms with van der Waals surface area (Å²) in [6.45, 7) is 0. The van der Waals surface area contributed by atoms with Crippen molar-refractivity contribution >= 4 is 24.8 Å². The Kier molecular flexibility index (Phi) is 4.62. The number of rotatable bonds is 0. The Bertz CT molecular complexity index is 187. The number of halogens is 2. The number of H-pyrrole nitrogens is 1. The van der Waals surface area contributed by atoms with Gasteiger partial charge < -0.3 is 4.98 Å². The molecule has 11 heavy (non-hydrogen) atoms. The van der Waals surface area contributed by atoms with Crippen molar-refractivity contribution in [2.75, 3.05) is 0 Å². The van der Waals surface area contributed by atoms with Gasteiger partial charge >= 0.3 is 0 Å². The molecule has 0 aliphatic heterocycles. The Labute approximate surface area is 79.4 Å². The number of nitrogens with one attached hydrogen (secondary N) is 1. The molecule has 0 amide bonds. The molecule has 1 aliphatic rings. The molecular formula is C8H13Cl2N. The normalized spacial score (nSPS) is 14.2. The van der Waals surface area contributed by atoms with Gasteiger partial charge in [0.1, 0.15) is 0 Å². The summed E-state index contributed by atoms with van der Waals surface area (Å²) in [5, 5.41) is 0. The first kappa shape index (κ1) is 10.9. The molecule has 0 atom stereocenters. The van der Waals surface area contributed by atoms with Crippen LogP contribution in [0.1, 0.15) is 24.0 Å². The molecule has 0 saturated heterocycles. The van der Waals surface area contributed by atoms with E-state index in [0.717, 1.165) is 0 Å². The zero-order chi connectivity index (χ0) is 6.10. The Hall–Kier alpha value is -0.140. The molecule has 1 heterocycles. The van der Waals surface area contributed by atoms with Crippen molar-refractivity contribution in [3.05, 3.63) is 23.5 Å². The van der Waals surface area contributed by atoms with Gasteiger partial charge in [0, 0.05) is 12.4 Å². The number of hydrogen-bond donors (Lipinski definition) is 1. The maximum absolute atomic E-state index is 3.14. The summed E-state index contributed by atoms with van der Waals surface area (Å²) in [6.07, 6.45) is 9.61. The second-order valence-corrected chi connectivity index (χ2v) is 2.71. The largest absolute Gasteiger partial charge is 0.367 e. The van der Waals surface area contributed by atoms with Crippen LogP contribution in [0.2, 0.25) is 0 Å². The third-order valence-corrected chi connectivity index (χ3v) is 2.07. The molecule has 0 aromatic carbocycles. The third kappa shape index (κ3) is 2.14. The smallest absolute Gasteiger partial charge is 0.00401 e. The van der Waals surface area contributed by atoms with Gasteiger partial charge in [-0.15, -0.1) is 24.8 Å². The van der Waals surface area contributed by atoms with Crippen molar-refractivity contribution in [1.82, 2.24) is 4.98 Å². The summed E-state index contributed by atoms with van der Waals surface area (Å²) in [7, 11) is 0. The summed E-state index contributed by atoms with van der Waals surface area (Å²) in [5.41, 5.74) is 3.09. The predicted molar refractivity (Wildman–Crippen MR) is 51.9 cm³/mol. The van der Waals surface area contributed by atoms with Gasteiger partial charge in [-0.3, -0.25) is 0 Å². The molecule has 2 rings (SSSR count). The quantitative estimate of drug-likeness (QED) is 0.653. The van der Waals surface area contributed by atoms with E-state index in [4.69, 9.17) is 0 Å². The summed E-state index contributed by atoms with van der Waals surface area (Å²) in [4.78, 5) is 3.14. The molecule has 1 N–H and O–H groups in total. The fourth-order valence-corrected chi connectivity index (χ4v) is 1.52. The van der Waals surface area contributed by atoms with Crippen molar-refractivity contribution in [1.29, 1.82) is 0 Å². The van der Waals surface area contributed by atoms with Gasteiger partial charge in [0.05, 0.1) is 0 Å². The van der Waals surface area contributed by atoms with Crippen LogP contribution in [0.3, 0.4) is 0 Å². The first-order valence-electron chi connectivity index (χ1n) is 3.61. The fourth-order valence-electron chi connectivity index (χ4n) is 1.52. The van der Waals surface area contributed by atoms with Crippen molar-refractivity contribution < 1.29 is 0 Å². The predicted octanol–water partition coefficient (Wildman–Crippen LogP) is 2.74. The van der Waals surface area contributed by atoms with Crippen LogP contribution in [0.15, 0.2) is 12.4 Å². The molecule has 1 aromatic rings. The van der Waals surface area contributed by atoms with Crippen LogP contribution in [-0.2, 0) is 12.8 Å². The Morgan fingerprint density at radius 1 is 0.909 bits per heavy atom. The zero-order valence-corrected chi connectivity index (χ0v) is 7.93. The highest BCUT2D eigenvalue weighted by Crippen LogP contribution is 2.19. The minimum absolute atomic E-state index is 0. The molecule has 1 aromatic heterocycles. The van der Waals surface area contributed by atoms with E-state index in [9.17, 15) is 0 Å². The van der Waals surface area contributed by atoms with Crippen molar-refractivity contribution in [3.8, 4) is 0 Å². The fraction of sp³-hybridized carbons (Fsp3) is 0.500. The lowest BCUT2D eigenvalue weighted by atomic mass is 9.96. The van der Waals surface area contributed by atoms with Gasteiger partial charge in [0.15, 0.2) is 0 Å². The molecule has 0 fully saturated rings. The molecule has 0 unspecified atom stereocenters. The monoisotopic (exact) mass is 193 g/mol. The first-order chi connectivity index (χ1) is 4.47. The maximum Gasteiger partial charge on any atom is 0.00401 e. The van der Waals surface area contributed by atoms with E-state index in [0.29, 0.717) is 0 Å². The van der Waals surface area contributed by atoms with E-state index < -0.39 is 0 Å². The molecule has 0 radical (unpaired) electrons. The Morgan fingerprint density at radius 2 is 1.36 bits per heavy atom. The topological polar surface area (TPSA) is 15.8 Å². The van der Waals surface area contributed by atoms with E-state index >= 15 is 0 Å². The molecule has 0 bridgehead atoms.